The lowest BCUT2D eigenvalue weighted by molar-refractivity contribution is 0.276. The molecule has 0 radical (unpaired) electrons. The van der Waals surface area contributed by atoms with Crippen LogP contribution in [-0.4, -0.2) is 46.7 Å². The topological polar surface area (TPSA) is 55.2 Å². The SMILES string of the molecule is Cn1nccc1-c1ccccc1CN1CCC(C)(C)S(=O)(=O)CC1. The Labute approximate surface area is 144 Å². The van der Waals surface area contributed by atoms with Crippen LogP contribution in [0.4, 0.5) is 0 Å². The molecule has 0 bridgehead atoms. The molecule has 0 spiro atoms. The minimum atomic E-state index is -3.04. The Kier molecular flexibility index (Phi) is 4.53. The zero-order chi connectivity index (χ0) is 17.4. The lowest BCUT2D eigenvalue weighted by atomic mass is 10.0. The summed E-state index contributed by atoms with van der Waals surface area (Å²) in [6, 6.07) is 10.3. The van der Waals surface area contributed by atoms with Crippen LogP contribution in [0.1, 0.15) is 25.8 Å². The summed E-state index contributed by atoms with van der Waals surface area (Å²) in [7, 11) is -1.10. The van der Waals surface area contributed by atoms with Crippen LogP contribution in [0.5, 0.6) is 0 Å². The van der Waals surface area contributed by atoms with Crippen LogP contribution >= 0.6 is 0 Å². The lowest BCUT2D eigenvalue weighted by Gasteiger charge is -2.23. The first-order valence-electron chi connectivity index (χ1n) is 8.31. The van der Waals surface area contributed by atoms with E-state index in [4.69, 9.17) is 0 Å². The van der Waals surface area contributed by atoms with E-state index in [1.165, 1.54) is 5.56 Å². The largest absolute Gasteiger partial charge is 0.298 e. The predicted molar refractivity (Wildman–Crippen MR) is 96.4 cm³/mol. The number of nitrogens with zero attached hydrogens (tertiary/aromatic N) is 3. The molecule has 1 aliphatic rings. The smallest absolute Gasteiger partial charge is 0.156 e. The summed E-state index contributed by atoms with van der Waals surface area (Å²) in [5, 5.41) is 4.26. The third kappa shape index (κ3) is 3.26. The van der Waals surface area contributed by atoms with Gasteiger partial charge in [0.15, 0.2) is 9.84 Å². The van der Waals surface area contributed by atoms with Crippen molar-refractivity contribution in [2.24, 2.45) is 7.05 Å². The molecule has 24 heavy (non-hydrogen) atoms. The van der Waals surface area contributed by atoms with E-state index in [1.54, 1.807) is 6.20 Å². The maximum absolute atomic E-state index is 12.4. The number of aromatic nitrogens is 2. The van der Waals surface area contributed by atoms with E-state index in [0.29, 0.717) is 13.0 Å². The Hall–Kier alpha value is -1.66. The molecule has 5 nitrogen and oxygen atoms in total. The average Bonchev–Trinajstić information content (AvgIpc) is 2.92. The summed E-state index contributed by atoms with van der Waals surface area (Å²) in [5.41, 5.74) is 3.44. The highest BCUT2D eigenvalue weighted by Crippen LogP contribution is 2.28. The van der Waals surface area contributed by atoms with Gasteiger partial charge in [0.25, 0.3) is 0 Å². The molecule has 1 aliphatic heterocycles. The van der Waals surface area contributed by atoms with Gasteiger partial charge in [-0.2, -0.15) is 5.10 Å². The van der Waals surface area contributed by atoms with Gasteiger partial charge in [0.2, 0.25) is 0 Å². The van der Waals surface area contributed by atoms with Gasteiger partial charge >= 0.3 is 0 Å². The molecule has 1 aromatic heterocycles. The molecular formula is C18H25N3O2S. The molecule has 3 rings (SSSR count). The normalized spacial score (nSPS) is 20.6. The molecule has 6 heteroatoms. The minimum absolute atomic E-state index is 0.230. The van der Waals surface area contributed by atoms with Crippen LogP contribution in [0.15, 0.2) is 36.5 Å². The third-order valence-corrected chi connectivity index (χ3v) is 7.66. The van der Waals surface area contributed by atoms with E-state index >= 15 is 0 Å². The van der Waals surface area contributed by atoms with E-state index < -0.39 is 14.6 Å². The van der Waals surface area contributed by atoms with Crippen LogP contribution in [0.3, 0.4) is 0 Å². The lowest BCUT2D eigenvalue weighted by Crippen LogP contribution is -2.33. The molecule has 0 aliphatic carbocycles. The van der Waals surface area contributed by atoms with Crippen LogP contribution < -0.4 is 0 Å². The molecule has 1 aromatic carbocycles. The Morgan fingerprint density at radius 2 is 1.92 bits per heavy atom. The fraction of sp³-hybridized carbons (Fsp3) is 0.500. The van der Waals surface area contributed by atoms with Crippen molar-refractivity contribution >= 4 is 9.84 Å². The van der Waals surface area contributed by atoms with Crippen molar-refractivity contribution in [2.45, 2.75) is 31.6 Å². The monoisotopic (exact) mass is 347 g/mol. The first-order chi connectivity index (χ1) is 11.3. The molecule has 1 saturated heterocycles. The van der Waals surface area contributed by atoms with Crippen LogP contribution in [-0.2, 0) is 23.4 Å². The summed E-state index contributed by atoms with van der Waals surface area (Å²) in [6.45, 7) is 5.83. The third-order valence-electron chi connectivity index (χ3n) is 5.06. The minimum Gasteiger partial charge on any atom is -0.298 e. The summed E-state index contributed by atoms with van der Waals surface area (Å²) in [5.74, 6) is 0.230. The van der Waals surface area contributed by atoms with Crippen molar-refractivity contribution in [3.63, 3.8) is 0 Å². The number of hydrogen-bond donors (Lipinski definition) is 0. The van der Waals surface area contributed by atoms with E-state index in [1.807, 2.05) is 43.8 Å². The van der Waals surface area contributed by atoms with Gasteiger partial charge in [0.05, 0.1) is 16.2 Å². The zero-order valence-corrected chi connectivity index (χ0v) is 15.4. The highest BCUT2D eigenvalue weighted by atomic mass is 32.2. The molecule has 0 N–H and O–H groups in total. The number of rotatable bonds is 3. The Morgan fingerprint density at radius 3 is 2.62 bits per heavy atom. The quantitative estimate of drug-likeness (QED) is 0.856. The summed E-state index contributed by atoms with van der Waals surface area (Å²) < 4.78 is 26.0. The van der Waals surface area contributed by atoms with E-state index in [9.17, 15) is 8.42 Å². The van der Waals surface area contributed by atoms with Gasteiger partial charge in [-0.25, -0.2) is 8.42 Å². The zero-order valence-electron chi connectivity index (χ0n) is 14.6. The highest BCUT2D eigenvalue weighted by molar-refractivity contribution is 7.92. The first kappa shape index (κ1) is 17.2. The van der Waals surface area contributed by atoms with Gasteiger partial charge in [-0.15, -0.1) is 0 Å². The van der Waals surface area contributed by atoms with Crippen molar-refractivity contribution < 1.29 is 8.42 Å². The molecular weight excluding hydrogens is 322 g/mol. The molecule has 1 fully saturated rings. The molecule has 0 atom stereocenters. The molecule has 2 heterocycles. The second kappa shape index (κ2) is 6.33. The van der Waals surface area contributed by atoms with Gasteiger partial charge in [-0.1, -0.05) is 24.3 Å². The standard InChI is InChI=1S/C18H25N3O2S/c1-18(2)9-11-21(12-13-24(18,22)23)14-15-6-4-5-7-16(15)17-8-10-19-20(17)3/h4-8,10H,9,11-14H2,1-3H3. The molecule has 0 amide bonds. The second-order valence-corrected chi connectivity index (χ2v) is 9.84. The summed E-state index contributed by atoms with van der Waals surface area (Å²) in [4.78, 5) is 2.25. The maximum Gasteiger partial charge on any atom is 0.156 e. The van der Waals surface area contributed by atoms with E-state index in [0.717, 1.165) is 24.3 Å². The number of hydrogen-bond acceptors (Lipinski definition) is 4. The van der Waals surface area contributed by atoms with E-state index in [2.05, 4.69) is 22.1 Å². The van der Waals surface area contributed by atoms with Crippen molar-refractivity contribution in [3.8, 4) is 11.3 Å². The number of sulfone groups is 1. The molecule has 0 saturated carbocycles. The Balaban J connectivity index is 1.84. The van der Waals surface area contributed by atoms with Gasteiger partial charge in [-0.3, -0.25) is 9.58 Å². The molecule has 2 aromatic rings. The molecule has 0 unspecified atom stereocenters. The number of benzene rings is 1. The van der Waals surface area contributed by atoms with Crippen LogP contribution in [0, 0.1) is 0 Å². The van der Waals surface area contributed by atoms with Crippen molar-refractivity contribution in [1.29, 1.82) is 0 Å². The second-order valence-electron chi connectivity index (χ2n) is 7.10. The summed E-state index contributed by atoms with van der Waals surface area (Å²) >= 11 is 0. The van der Waals surface area contributed by atoms with Crippen molar-refractivity contribution in [2.75, 3.05) is 18.8 Å². The highest BCUT2D eigenvalue weighted by Gasteiger charge is 2.36. The maximum atomic E-state index is 12.4. The fourth-order valence-electron chi connectivity index (χ4n) is 3.17. The van der Waals surface area contributed by atoms with Crippen molar-refractivity contribution in [3.05, 3.63) is 42.1 Å². The van der Waals surface area contributed by atoms with E-state index in [-0.39, 0.29) is 5.75 Å². The van der Waals surface area contributed by atoms with Crippen LogP contribution in [0.2, 0.25) is 0 Å². The average molecular weight is 347 g/mol. The number of aryl methyl sites for hydroxylation is 1. The van der Waals surface area contributed by atoms with Crippen LogP contribution in [0.25, 0.3) is 11.3 Å². The van der Waals surface area contributed by atoms with Gasteiger partial charge in [-0.05, 0) is 31.9 Å². The predicted octanol–water partition coefficient (Wildman–Crippen LogP) is 2.49. The van der Waals surface area contributed by atoms with Gasteiger partial charge in [0.1, 0.15) is 0 Å². The summed E-state index contributed by atoms with van der Waals surface area (Å²) in [6.07, 6.45) is 2.47. The first-order valence-corrected chi connectivity index (χ1v) is 9.96. The molecule has 130 valence electrons. The van der Waals surface area contributed by atoms with Gasteiger partial charge < -0.3 is 0 Å². The Bertz CT molecular complexity index is 824. The fourth-order valence-corrected chi connectivity index (χ4v) is 4.62. The Morgan fingerprint density at radius 1 is 1.17 bits per heavy atom. The van der Waals surface area contributed by atoms with Gasteiger partial charge in [0, 0.05) is 38.4 Å². The van der Waals surface area contributed by atoms with Crippen molar-refractivity contribution in [1.82, 2.24) is 14.7 Å².